The molecule has 0 N–H and O–H groups in total. The van der Waals surface area contributed by atoms with Crippen LogP contribution in [0, 0.1) is 0 Å². The van der Waals surface area contributed by atoms with E-state index in [9.17, 15) is 4.79 Å². The Balaban J connectivity index is 2.08. The Hall–Kier alpha value is -1.19. The van der Waals surface area contributed by atoms with Crippen LogP contribution in [0.3, 0.4) is 0 Å². The molecule has 1 aromatic carbocycles. The predicted octanol–water partition coefficient (Wildman–Crippen LogP) is 1.95. The quantitative estimate of drug-likeness (QED) is 0.811. The highest BCUT2D eigenvalue weighted by Gasteiger charge is 2.26. The molecule has 1 saturated heterocycles. The average molecular weight is 246 g/mol. The summed E-state index contributed by atoms with van der Waals surface area (Å²) >= 11 is 0. The molecule has 3 nitrogen and oxygen atoms in total. The largest absolute Gasteiger partial charge is 0.303 e. The van der Waals surface area contributed by atoms with E-state index in [1.54, 1.807) is 6.92 Å². The van der Waals surface area contributed by atoms with E-state index < -0.39 is 0 Å². The number of rotatable bonds is 4. The van der Waals surface area contributed by atoms with E-state index >= 15 is 0 Å². The molecule has 0 radical (unpaired) electrons. The lowest BCUT2D eigenvalue weighted by Crippen LogP contribution is -2.47. The maximum absolute atomic E-state index is 11.2. The van der Waals surface area contributed by atoms with Crippen molar-refractivity contribution >= 4 is 5.78 Å². The molecule has 1 aliphatic rings. The van der Waals surface area contributed by atoms with E-state index in [2.05, 4.69) is 47.2 Å². The van der Waals surface area contributed by atoms with E-state index in [0.717, 1.165) is 26.2 Å². The zero-order valence-electron chi connectivity index (χ0n) is 11.3. The van der Waals surface area contributed by atoms with Gasteiger partial charge >= 0.3 is 0 Å². The summed E-state index contributed by atoms with van der Waals surface area (Å²) in [6, 6.07) is 11.0. The highest BCUT2D eigenvalue weighted by atomic mass is 16.1. The highest BCUT2D eigenvalue weighted by molar-refractivity contribution is 5.75. The van der Waals surface area contributed by atoms with Crippen LogP contribution in [-0.2, 0) is 4.79 Å². The van der Waals surface area contributed by atoms with E-state index in [1.807, 2.05) is 0 Å². The van der Waals surface area contributed by atoms with Gasteiger partial charge in [0, 0.05) is 38.6 Å². The van der Waals surface area contributed by atoms with Crippen LogP contribution in [0.5, 0.6) is 0 Å². The van der Waals surface area contributed by atoms with Gasteiger partial charge in [-0.3, -0.25) is 9.69 Å². The fourth-order valence-electron chi connectivity index (χ4n) is 2.52. The third-order valence-electron chi connectivity index (χ3n) is 3.63. The van der Waals surface area contributed by atoms with Gasteiger partial charge in [-0.05, 0) is 19.5 Å². The van der Waals surface area contributed by atoms with Crippen molar-refractivity contribution in [1.82, 2.24) is 9.80 Å². The maximum atomic E-state index is 11.2. The number of Topliss-reactive ketones (excluding diaryl/α,β-unsaturated/α-hetero) is 1. The lowest BCUT2D eigenvalue weighted by atomic mass is 10.0. The lowest BCUT2D eigenvalue weighted by Gasteiger charge is -2.40. The molecule has 98 valence electrons. The first-order valence-corrected chi connectivity index (χ1v) is 6.64. The summed E-state index contributed by atoms with van der Waals surface area (Å²) < 4.78 is 0. The first kappa shape index (κ1) is 13.2. The third kappa shape index (κ3) is 3.40. The van der Waals surface area contributed by atoms with Gasteiger partial charge in [0.25, 0.3) is 0 Å². The number of carbonyl (C=O) groups is 1. The molecule has 1 heterocycles. The van der Waals surface area contributed by atoms with Crippen molar-refractivity contribution in [2.45, 2.75) is 19.4 Å². The Morgan fingerprint density at radius 1 is 1.28 bits per heavy atom. The number of benzene rings is 1. The number of ketones is 1. The number of piperazine rings is 1. The van der Waals surface area contributed by atoms with Crippen molar-refractivity contribution in [1.29, 1.82) is 0 Å². The minimum Gasteiger partial charge on any atom is -0.303 e. The number of hydrogen-bond acceptors (Lipinski definition) is 3. The average Bonchev–Trinajstić information content (AvgIpc) is 2.38. The number of hydrogen-bond donors (Lipinski definition) is 0. The van der Waals surface area contributed by atoms with E-state index in [0.29, 0.717) is 12.5 Å². The maximum Gasteiger partial charge on any atom is 0.131 e. The molecule has 0 bridgehead atoms. The fraction of sp³-hybridized carbons (Fsp3) is 0.533. The second-order valence-electron chi connectivity index (χ2n) is 5.18. The molecule has 0 aliphatic carbocycles. The molecule has 1 fully saturated rings. The van der Waals surface area contributed by atoms with Crippen LogP contribution in [0.2, 0.25) is 0 Å². The van der Waals surface area contributed by atoms with Crippen LogP contribution in [0.25, 0.3) is 0 Å². The SMILES string of the molecule is CC(=O)CCN1CCN(C)CC1c1ccccc1. The third-order valence-corrected chi connectivity index (χ3v) is 3.63. The fourth-order valence-corrected chi connectivity index (χ4v) is 2.52. The monoisotopic (exact) mass is 246 g/mol. The minimum atomic E-state index is 0.278. The molecular formula is C15H22N2O. The van der Waals surface area contributed by atoms with Gasteiger partial charge in [-0.2, -0.15) is 0 Å². The summed E-state index contributed by atoms with van der Waals surface area (Å²) in [7, 11) is 2.16. The zero-order valence-corrected chi connectivity index (χ0v) is 11.3. The van der Waals surface area contributed by atoms with Crippen molar-refractivity contribution in [2.75, 3.05) is 33.2 Å². The Kier molecular flexibility index (Phi) is 4.50. The van der Waals surface area contributed by atoms with Crippen LogP contribution >= 0.6 is 0 Å². The molecule has 1 aromatic rings. The standard InChI is InChI=1S/C15H22N2O/c1-13(18)8-9-17-11-10-16(2)12-15(17)14-6-4-3-5-7-14/h3-7,15H,8-12H2,1-2H3. The Labute approximate surface area is 109 Å². The number of carbonyl (C=O) groups excluding carboxylic acids is 1. The molecule has 0 spiro atoms. The van der Waals surface area contributed by atoms with Gasteiger partial charge in [-0.1, -0.05) is 30.3 Å². The summed E-state index contributed by atoms with van der Waals surface area (Å²) in [5, 5.41) is 0. The molecule has 1 unspecified atom stereocenters. The van der Waals surface area contributed by atoms with Crippen LogP contribution in [0.1, 0.15) is 24.9 Å². The summed E-state index contributed by atoms with van der Waals surface area (Å²) in [6.45, 7) is 5.73. The van der Waals surface area contributed by atoms with Gasteiger partial charge in [0.1, 0.15) is 5.78 Å². The molecule has 3 heteroatoms. The molecular weight excluding hydrogens is 224 g/mol. The lowest BCUT2D eigenvalue weighted by molar-refractivity contribution is -0.117. The Morgan fingerprint density at radius 2 is 2.00 bits per heavy atom. The Bertz CT molecular complexity index is 391. The van der Waals surface area contributed by atoms with Crippen molar-refractivity contribution in [3.8, 4) is 0 Å². The molecule has 2 rings (SSSR count). The van der Waals surface area contributed by atoms with Crippen LogP contribution < -0.4 is 0 Å². The topological polar surface area (TPSA) is 23.6 Å². The first-order valence-electron chi connectivity index (χ1n) is 6.64. The molecule has 1 atom stereocenters. The van der Waals surface area contributed by atoms with E-state index in [1.165, 1.54) is 5.56 Å². The van der Waals surface area contributed by atoms with E-state index in [-0.39, 0.29) is 5.78 Å². The van der Waals surface area contributed by atoms with Gasteiger partial charge in [-0.25, -0.2) is 0 Å². The second kappa shape index (κ2) is 6.12. The minimum absolute atomic E-state index is 0.278. The molecule has 1 aliphatic heterocycles. The number of nitrogens with zero attached hydrogens (tertiary/aromatic N) is 2. The van der Waals surface area contributed by atoms with Crippen molar-refractivity contribution in [2.24, 2.45) is 0 Å². The second-order valence-corrected chi connectivity index (χ2v) is 5.18. The van der Waals surface area contributed by atoms with Crippen molar-refractivity contribution in [3.05, 3.63) is 35.9 Å². The summed E-state index contributed by atoms with van der Waals surface area (Å²) in [5.74, 6) is 0.278. The summed E-state index contributed by atoms with van der Waals surface area (Å²) in [5.41, 5.74) is 1.35. The van der Waals surface area contributed by atoms with Gasteiger partial charge in [-0.15, -0.1) is 0 Å². The smallest absolute Gasteiger partial charge is 0.131 e. The van der Waals surface area contributed by atoms with Gasteiger partial charge in [0.2, 0.25) is 0 Å². The highest BCUT2D eigenvalue weighted by Crippen LogP contribution is 2.24. The van der Waals surface area contributed by atoms with Gasteiger partial charge in [0.15, 0.2) is 0 Å². The number of likely N-dealkylation sites (N-methyl/N-ethyl adjacent to an activating group) is 1. The van der Waals surface area contributed by atoms with Gasteiger partial charge < -0.3 is 4.90 Å². The predicted molar refractivity (Wildman–Crippen MR) is 73.6 cm³/mol. The Morgan fingerprint density at radius 3 is 2.67 bits per heavy atom. The van der Waals surface area contributed by atoms with Crippen molar-refractivity contribution < 1.29 is 4.79 Å². The summed E-state index contributed by atoms with van der Waals surface area (Å²) in [4.78, 5) is 16.0. The zero-order chi connectivity index (χ0) is 13.0. The normalized spacial score (nSPS) is 22.0. The van der Waals surface area contributed by atoms with Crippen LogP contribution in [-0.4, -0.2) is 48.8 Å². The van der Waals surface area contributed by atoms with Crippen LogP contribution in [0.15, 0.2) is 30.3 Å². The molecule has 0 aromatic heterocycles. The van der Waals surface area contributed by atoms with Crippen molar-refractivity contribution in [3.63, 3.8) is 0 Å². The van der Waals surface area contributed by atoms with Gasteiger partial charge in [0.05, 0.1) is 0 Å². The summed E-state index contributed by atoms with van der Waals surface area (Å²) in [6.07, 6.45) is 0.660. The molecule has 18 heavy (non-hydrogen) atoms. The van der Waals surface area contributed by atoms with Crippen LogP contribution in [0.4, 0.5) is 0 Å². The molecule has 0 amide bonds. The molecule has 0 saturated carbocycles. The first-order chi connectivity index (χ1) is 8.66. The van der Waals surface area contributed by atoms with E-state index in [4.69, 9.17) is 0 Å².